The molecular weight excluding hydrogens is 372 g/mol. The Hall–Kier alpha value is -2.86. The van der Waals surface area contributed by atoms with Crippen LogP contribution in [0.3, 0.4) is 0 Å². The molecule has 5 nitrogen and oxygen atoms in total. The molecule has 144 valence electrons. The predicted octanol–water partition coefficient (Wildman–Crippen LogP) is 4.54. The summed E-state index contributed by atoms with van der Waals surface area (Å²) >= 11 is 1.64. The lowest BCUT2D eigenvalue weighted by molar-refractivity contribution is -0.117. The van der Waals surface area contributed by atoms with Crippen LogP contribution in [0.5, 0.6) is 11.5 Å². The second-order valence-electron chi connectivity index (χ2n) is 6.69. The second-order valence-corrected chi connectivity index (χ2v) is 7.63. The maximum absolute atomic E-state index is 12.0. The summed E-state index contributed by atoms with van der Waals surface area (Å²) in [5.41, 5.74) is 4.05. The zero-order valence-electron chi connectivity index (χ0n) is 16.0. The standard InChI is InChI=1S/C22H22N2O3S/c1-26-19-9-8-15(11-20(19)27-2)12-21-23-18(14-28-21)16-5-3-6-17(13-16)24-10-4-7-22(24)25/h3,5-6,8-9,11,13-14H,4,7,10,12H2,1-2H3. The van der Waals surface area contributed by atoms with Crippen molar-refractivity contribution in [2.45, 2.75) is 19.3 Å². The van der Waals surface area contributed by atoms with Crippen molar-refractivity contribution in [3.63, 3.8) is 0 Å². The summed E-state index contributed by atoms with van der Waals surface area (Å²) < 4.78 is 10.7. The molecule has 2 aromatic carbocycles. The van der Waals surface area contributed by atoms with Crippen molar-refractivity contribution in [2.24, 2.45) is 0 Å². The fraction of sp³-hybridized carbons (Fsp3) is 0.273. The van der Waals surface area contributed by atoms with Crippen LogP contribution < -0.4 is 14.4 Å². The molecule has 1 amide bonds. The van der Waals surface area contributed by atoms with Gasteiger partial charge in [-0.3, -0.25) is 4.79 Å². The van der Waals surface area contributed by atoms with E-state index >= 15 is 0 Å². The third-order valence-electron chi connectivity index (χ3n) is 4.88. The highest BCUT2D eigenvalue weighted by atomic mass is 32.1. The zero-order valence-corrected chi connectivity index (χ0v) is 16.8. The van der Waals surface area contributed by atoms with Crippen LogP contribution in [-0.2, 0) is 11.2 Å². The van der Waals surface area contributed by atoms with Gasteiger partial charge in [0.05, 0.1) is 24.9 Å². The van der Waals surface area contributed by atoms with Crippen molar-refractivity contribution >= 4 is 22.9 Å². The van der Waals surface area contributed by atoms with Gasteiger partial charge in [0.15, 0.2) is 11.5 Å². The van der Waals surface area contributed by atoms with Crippen LogP contribution in [0.2, 0.25) is 0 Å². The largest absolute Gasteiger partial charge is 0.493 e. The molecular formula is C22H22N2O3S. The van der Waals surface area contributed by atoms with E-state index in [9.17, 15) is 4.79 Å². The van der Waals surface area contributed by atoms with Crippen LogP contribution in [0.25, 0.3) is 11.3 Å². The summed E-state index contributed by atoms with van der Waals surface area (Å²) in [6.07, 6.45) is 2.29. The maximum atomic E-state index is 12.0. The van der Waals surface area contributed by atoms with Crippen LogP contribution >= 0.6 is 11.3 Å². The Kier molecular flexibility index (Phi) is 5.30. The highest BCUT2D eigenvalue weighted by molar-refractivity contribution is 7.10. The van der Waals surface area contributed by atoms with Gasteiger partial charge >= 0.3 is 0 Å². The predicted molar refractivity (Wildman–Crippen MR) is 111 cm³/mol. The van der Waals surface area contributed by atoms with Gasteiger partial charge in [0.1, 0.15) is 0 Å². The molecule has 3 aromatic rings. The number of benzene rings is 2. The Morgan fingerprint density at radius 2 is 1.96 bits per heavy atom. The molecule has 0 spiro atoms. The van der Waals surface area contributed by atoms with Crippen LogP contribution in [0.15, 0.2) is 47.8 Å². The molecule has 0 unspecified atom stereocenters. The van der Waals surface area contributed by atoms with Crippen molar-refractivity contribution in [3.05, 3.63) is 58.4 Å². The van der Waals surface area contributed by atoms with E-state index in [-0.39, 0.29) is 5.91 Å². The average Bonchev–Trinajstić information content (AvgIpc) is 3.37. The Morgan fingerprint density at radius 1 is 1.11 bits per heavy atom. The lowest BCUT2D eigenvalue weighted by Crippen LogP contribution is -2.23. The van der Waals surface area contributed by atoms with Gasteiger partial charge in [-0.2, -0.15) is 0 Å². The van der Waals surface area contributed by atoms with E-state index in [1.807, 2.05) is 41.3 Å². The first-order valence-electron chi connectivity index (χ1n) is 9.24. The molecule has 0 atom stereocenters. The minimum Gasteiger partial charge on any atom is -0.493 e. The summed E-state index contributed by atoms with van der Waals surface area (Å²) in [7, 11) is 3.27. The highest BCUT2D eigenvalue weighted by Gasteiger charge is 2.22. The topological polar surface area (TPSA) is 51.7 Å². The van der Waals surface area contributed by atoms with Gasteiger partial charge in [-0.05, 0) is 36.2 Å². The number of nitrogens with zero attached hydrogens (tertiary/aromatic N) is 2. The zero-order chi connectivity index (χ0) is 19.5. The minimum atomic E-state index is 0.199. The summed E-state index contributed by atoms with van der Waals surface area (Å²) in [6, 6.07) is 14.0. The Morgan fingerprint density at radius 3 is 2.71 bits per heavy atom. The van der Waals surface area contributed by atoms with Gasteiger partial charge < -0.3 is 14.4 Å². The van der Waals surface area contributed by atoms with Gasteiger partial charge in [0.25, 0.3) is 0 Å². The molecule has 28 heavy (non-hydrogen) atoms. The van der Waals surface area contributed by atoms with Gasteiger partial charge in [-0.1, -0.05) is 18.2 Å². The highest BCUT2D eigenvalue weighted by Crippen LogP contribution is 2.31. The van der Waals surface area contributed by atoms with Gasteiger partial charge in [-0.25, -0.2) is 4.98 Å². The maximum Gasteiger partial charge on any atom is 0.227 e. The number of carbonyl (C=O) groups excluding carboxylic acids is 1. The summed E-state index contributed by atoms with van der Waals surface area (Å²) in [5.74, 6) is 1.64. The van der Waals surface area contributed by atoms with Crippen molar-refractivity contribution in [3.8, 4) is 22.8 Å². The number of aromatic nitrogens is 1. The lowest BCUT2D eigenvalue weighted by atomic mass is 10.1. The van der Waals surface area contributed by atoms with E-state index in [4.69, 9.17) is 14.5 Å². The molecule has 6 heteroatoms. The number of anilines is 1. The van der Waals surface area contributed by atoms with E-state index in [1.165, 1.54) is 0 Å². The normalized spacial score (nSPS) is 13.8. The molecule has 0 aliphatic carbocycles. The SMILES string of the molecule is COc1ccc(Cc2nc(-c3cccc(N4CCCC4=O)c3)cs2)cc1OC. The second kappa shape index (κ2) is 8.02. The van der Waals surface area contributed by atoms with Crippen LogP contribution in [-0.4, -0.2) is 31.7 Å². The quantitative estimate of drug-likeness (QED) is 0.616. The first-order chi connectivity index (χ1) is 13.7. The number of methoxy groups -OCH3 is 2. The summed E-state index contributed by atoms with van der Waals surface area (Å²) in [5, 5.41) is 3.10. The van der Waals surface area contributed by atoms with Crippen molar-refractivity contribution in [2.75, 3.05) is 25.7 Å². The average molecular weight is 394 g/mol. The van der Waals surface area contributed by atoms with E-state index in [0.29, 0.717) is 6.42 Å². The molecule has 0 radical (unpaired) electrons. The Labute approximate surface area is 168 Å². The molecule has 0 N–H and O–H groups in total. The van der Waals surface area contributed by atoms with Gasteiger partial charge in [0, 0.05) is 36.0 Å². The molecule has 0 bridgehead atoms. The first kappa shape index (κ1) is 18.5. The summed E-state index contributed by atoms with van der Waals surface area (Å²) in [6.45, 7) is 0.796. The smallest absolute Gasteiger partial charge is 0.227 e. The fourth-order valence-electron chi connectivity index (χ4n) is 3.44. The molecule has 1 aliphatic rings. The lowest BCUT2D eigenvalue weighted by Gasteiger charge is -2.16. The monoisotopic (exact) mass is 394 g/mol. The van der Waals surface area contributed by atoms with E-state index in [0.717, 1.165) is 58.4 Å². The molecule has 1 aromatic heterocycles. The molecule has 1 aliphatic heterocycles. The molecule has 2 heterocycles. The molecule has 1 fully saturated rings. The third kappa shape index (κ3) is 3.73. The minimum absolute atomic E-state index is 0.199. The Bertz CT molecular complexity index is 999. The van der Waals surface area contributed by atoms with Crippen LogP contribution in [0.1, 0.15) is 23.4 Å². The molecule has 1 saturated heterocycles. The number of carbonyl (C=O) groups is 1. The number of rotatable bonds is 6. The fourth-order valence-corrected chi connectivity index (χ4v) is 4.28. The number of hydrogen-bond donors (Lipinski definition) is 0. The summed E-state index contributed by atoms with van der Waals surface area (Å²) in [4.78, 5) is 18.7. The molecule has 0 saturated carbocycles. The van der Waals surface area contributed by atoms with Crippen molar-refractivity contribution in [1.29, 1.82) is 0 Å². The third-order valence-corrected chi connectivity index (χ3v) is 5.73. The van der Waals surface area contributed by atoms with Gasteiger partial charge in [0.2, 0.25) is 5.91 Å². The first-order valence-corrected chi connectivity index (χ1v) is 10.1. The number of thiazole rings is 1. The van der Waals surface area contributed by atoms with Crippen molar-refractivity contribution < 1.29 is 14.3 Å². The van der Waals surface area contributed by atoms with Crippen LogP contribution in [0, 0.1) is 0 Å². The molecule has 4 rings (SSSR count). The van der Waals surface area contributed by atoms with Crippen molar-refractivity contribution in [1.82, 2.24) is 4.98 Å². The number of ether oxygens (including phenoxy) is 2. The van der Waals surface area contributed by atoms with E-state index in [1.54, 1.807) is 25.6 Å². The number of amides is 1. The van der Waals surface area contributed by atoms with Crippen LogP contribution in [0.4, 0.5) is 5.69 Å². The van der Waals surface area contributed by atoms with Gasteiger partial charge in [-0.15, -0.1) is 11.3 Å². The Balaban J connectivity index is 1.54. The number of hydrogen-bond acceptors (Lipinski definition) is 5. The van der Waals surface area contributed by atoms with E-state index < -0.39 is 0 Å². The van der Waals surface area contributed by atoms with E-state index in [2.05, 4.69) is 11.4 Å².